The van der Waals surface area contributed by atoms with E-state index in [9.17, 15) is 38.7 Å². The molecule has 0 amide bonds. The van der Waals surface area contributed by atoms with Crippen LogP contribution in [0.4, 0.5) is 0 Å². The lowest BCUT2D eigenvalue weighted by Crippen LogP contribution is -2.64. The van der Waals surface area contributed by atoms with Gasteiger partial charge >= 0.3 is 23.9 Å². The Morgan fingerprint density at radius 3 is 2.15 bits per heavy atom. The molecule has 4 fully saturated rings. The Kier molecular flexibility index (Phi) is 9.76. The van der Waals surface area contributed by atoms with Crippen molar-refractivity contribution in [1.29, 1.82) is 0 Å². The minimum Gasteiger partial charge on any atom is -0.467 e. The fraction of sp³-hybridized carbons (Fsp3) is 0.735. The molecule has 264 valence electrons. The molecule has 0 unspecified atom stereocenters. The summed E-state index contributed by atoms with van der Waals surface area (Å²) in [7, 11) is 1.05. The van der Waals surface area contributed by atoms with Crippen molar-refractivity contribution in [1.82, 2.24) is 0 Å². The molecule has 1 saturated heterocycles. The minimum atomic E-state index is -1.96. The van der Waals surface area contributed by atoms with E-state index in [2.05, 4.69) is 6.92 Å². The molecule has 11 atom stereocenters. The van der Waals surface area contributed by atoms with Crippen molar-refractivity contribution in [2.45, 2.75) is 116 Å². The Morgan fingerprint density at radius 2 is 1.52 bits per heavy atom. The number of ketones is 3. The van der Waals surface area contributed by atoms with E-state index in [0.29, 0.717) is 32.1 Å². The third-order valence-corrected chi connectivity index (χ3v) is 11.5. The minimum absolute atomic E-state index is 0.0309. The van der Waals surface area contributed by atoms with E-state index in [-0.39, 0.29) is 42.2 Å². The highest BCUT2D eigenvalue weighted by Gasteiger charge is 2.68. The monoisotopic (exact) mass is 676 g/mol. The Morgan fingerprint density at radius 1 is 0.896 bits per heavy atom. The fourth-order valence-electron chi connectivity index (χ4n) is 9.34. The second-order valence-electron chi connectivity index (χ2n) is 14.2. The van der Waals surface area contributed by atoms with Crippen LogP contribution in [-0.2, 0) is 62.0 Å². The fourth-order valence-corrected chi connectivity index (χ4v) is 9.34. The van der Waals surface area contributed by atoms with Gasteiger partial charge in [0.2, 0.25) is 0 Å². The summed E-state index contributed by atoms with van der Waals surface area (Å²) in [5, 5.41) is 12.1. The van der Waals surface area contributed by atoms with Gasteiger partial charge in [-0.3, -0.25) is 28.8 Å². The van der Waals surface area contributed by atoms with Crippen molar-refractivity contribution in [2.24, 2.45) is 28.6 Å². The maximum absolute atomic E-state index is 14.0. The molecule has 1 N–H and O–H groups in total. The molecule has 14 nitrogen and oxygen atoms in total. The predicted octanol–water partition coefficient (Wildman–Crippen LogP) is 1.71. The van der Waals surface area contributed by atoms with Crippen molar-refractivity contribution in [3.8, 4) is 0 Å². The molecule has 5 rings (SSSR count). The number of Topliss-reactive ketones (excluding diaryl/α,β-unsaturated/α-hetero) is 2. The SMILES string of the molecule is COC(=O)[C@H]1O[C@@H](OCC(=O)[C@]2(O)CC[C@@H]3[C@H]4CCC5=CC(=O)CC[C@]5(C)[C@@H]4C(=O)C[C@@]32C)[C@H](OC(C)=O)[C@@H](OC(C)=O)[C@@H]1OC(C)=O. The first kappa shape index (κ1) is 35.8. The summed E-state index contributed by atoms with van der Waals surface area (Å²) in [6.07, 6.45) is -3.64. The van der Waals surface area contributed by atoms with Crippen molar-refractivity contribution < 1.29 is 67.1 Å². The Balaban J connectivity index is 1.39. The van der Waals surface area contributed by atoms with Crippen LogP contribution in [0.5, 0.6) is 0 Å². The second kappa shape index (κ2) is 13.1. The molecule has 4 aliphatic carbocycles. The standard InChI is InChI=1S/C34H44O14/c1-16(35)45-26-27(46-17(2)36)29(47-18(3)37)31(48-28(26)30(41)43-6)44-15-24(40)34(42)12-10-22-21-8-7-19-13-20(38)9-11-32(19,4)25(21)23(39)14-33(22,34)5/h13,21-22,25-29,31,42H,7-12,14-15H2,1-6H3/t21-,22-,25+,26+,27+,28+,29-,31-,32+,33+,34-/m1/s1. The molecule has 48 heavy (non-hydrogen) atoms. The van der Waals surface area contributed by atoms with Crippen LogP contribution in [-0.4, -0.2) is 96.4 Å². The summed E-state index contributed by atoms with van der Waals surface area (Å²) in [5.41, 5.74) is -2.49. The number of rotatable bonds is 8. The normalized spacial score (nSPS) is 40.4. The molecule has 1 heterocycles. The van der Waals surface area contributed by atoms with Gasteiger partial charge in [-0.2, -0.15) is 0 Å². The molecule has 0 radical (unpaired) electrons. The van der Waals surface area contributed by atoms with Crippen LogP contribution in [0.25, 0.3) is 0 Å². The molecule has 0 aromatic carbocycles. The van der Waals surface area contributed by atoms with E-state index in [4.69, 9.17) is 28.4 Å². The highest BCUT2D eigenvalue weighted by molar-refractivity contribution is 5.94. The summed E-state index contributed by atoms with van der Waals surface area (Å²) in [6, 6.07) is 0. The van der Waals surface area contributed by atoms with E-state index in [1.165, 1.54) is 0 Å². The van der Waals surface area contributed by atoms with Crippen LogP contribution in [0.3, 0.4) is 0 Å². The quantitative estimate of drug-likeness (QED) is 0.288. The lowest BCUT2D eigenvalue weighted by atomic mass is 9.46. The van der Waals surface area contributed by atoms with E-state index >= 15 is 0 Å². The summed E-state index contributed by atoms with van der Waals surface area (Å²) in [5.74, 6) is -4.85. The van der Waals surface area contributed by atoms with Gasteiger partial charge in [-0.05, 0) is 55.4 Å². The van der Waals surface area contributed by atoms with Crippen LogP contribution in [0.2, 0.25) is 0 Å². The van der Waals surface area contributed by atoms with Gasteiger partial charge in [-0.15, -0.1) is 0 Å². The van der Waals surface area contributed by atoms with Gasteiger partial charge in [-0.25, -0.2) is 4.79 Å². The number of carbonyl (C=O) groups excluding carboxylic acids is 7. The van der Waals surface area contributed by atoms with Crippen molar-refractivity contribution in [3.63, 3.8) is 0 Å². The molecule has 0 aromatic rings. The summed E-state index contributed by atoms with van der Waals surface area (Å²) >= 11 is 0. The Hall–Kier alpha value is -3.49. The van der Waals surface area contributed by atoms with E-state index < -0.39 is 83.4 Å². The molecule has 5 aliphatic rings. The maximum atomic E-state index is 14.0. The highest BCUT2D eigenvalue weighted by Crippen LogP contribution is 2.66. The topological polar surface area (TPSA) is 195 Å². The number of ether oxygens (including phenoxy) is 6. The summed E-state index contributed by atoms with van der Waals surface area (Å²) in [6.45, 7) is 6.21. The van der Waals surface area contributed by atoms with Crippen LogP contribution in [0.15, 0.2) is 11.6 Å². The number of aliphatic hydroxyl groups is 1. The van der Waals surface area contributed by atoms with Crippen molar-refractivity contribution in [3.05, 3.63) is 11.6 Å². The van der Waals surface area contributed by atoms with Gasteiger partial charge < -0.3 is 33.5 Å². The molecule has 0 spiro atoms. The van der Waals surface area contributed by atoms with Gasteiger partial charge in [-0.1, -0.05) is 19.4 Å². The van der Waals surface area contributed by atoms with Gasteiger partial charge in [0.25, 0.3) is 0 Å². The van der Waals surface area contributed by atoms with Crippen LogP contribution >= 0.6 is 0 Å². The average Bonchev–Trinajstić information content (AvgIpc) is 3.27. The Labute approximate surface area is 278 Å². The first-order valence-electron chi connectivity index (χ1n) is 16.4. The zero-order chi connectivity index (χ0) is 35.3. The van der Waals surface area contributed by atoms with Gasteiger partial charge in [0.15, 0.2) is 42.3 Å². The van der Waals surface area contributed by atoms with E-state index in [1.54, 1.807) is 13.0 Å². The zero-order valence-corrected chi connectivity index (χ0v) is 28.1. The average molecular weight is 677 g/mol. The largest absolute Gasteiger partial charge is 0.467 e. The molecule has 0 aromatic heterocycles. The van der Waals surface area contributed by atoms with Gasteiger partial charge in [0, 0.05) is 44.9 Å². The predicted molar refractivity (Wildman–Crippen MR) is 160 cm³/mol. The lowest BCUT2D eigenvalue weighted by molar-refractivity contribution is -0.300. The number of hydrogen-bond acceptors (Lipinski definition) is 14. The zero-order valence-electron chi connectivity index (χ0n) is 28.1. The third-order valence-electron chi connectivity index (χ3n) is 11.5. The maximum Gasteiger partial charge on any atom is 0.339 e. The third kappa shape index (κ3) is 6.00. The first-order valence-corrected chi connectivity index (χ1v) is 16.4. The van der Waals surface area contributed by atoms with Crippen LogP contribution in [0.1, 0.15) is 79.6 Å². The summed E-state index contributed by atoms with van der Waals surface area (Å²) in [4.78, 5) is 89.1. The number of esters is 4. The van der Waals surface area contributed by atoms with Gasteiger partial charge in [0.05, 0.1) is 7.11 Å². The number of fused-ring (bicyclic) bond motifs is 5. The molecule has 1 aliphatic heterocycles. The highest BCUT2D eigenvalue weighted by atomic mass is 16.7. The number of hydrogen-bond donors (Lipinski definition) is 1. The van der Waals surface area contributed by atoms with E-state index in [1.807, 2.05) is 0 Å². The molecule has 3 saturated carbocycles. The Bertz CT molecular complexity index is 1430. The molecule has 14 heteroatoms. The van der Waals surface area contributed by atoms with Crippen LogP contribution in [0, 0.1) is 28.6 Å². The van der Waals surface area contributed by atoms with E-state index in [0.717, 1.165) is 33.5 Å². The van der Waals surface area contributed by atoms with Crippen molar-refractivity contribution >= 4 is 41.2 Å². The number of carbonyl (C=O) groups is 7. The smallest absolute Gasteiger partial charge is 0.339 e. The number of methoxy groups -OCH3 is 1. The molecular formula is C34H44O14. The lowest BCUT2D eigenvalue weighted by Gasteiger charge is -2.57. The molecule has 0 bridgehead atoms. The van der Waals surface area contributed by atoms with Crippen molar-refractivity contribution in [2.75, 3.05) is 13.7 Å². The number of allylic oxidation sites excluding steroid dienone is 1. The van der Waals surface area contributed by atoms with Gasteiger partial charge in [0.1, 0.15) is 18.0 Å². The first-order chi connectivity index (χ1) is 22.5. The summed E-state index contributed by atoms with van der Waals surface area (Å²) < 4.78 is 32.3. The molecular weight excluding hydrogens is 632 g/mol. The van der Waals surface area contributed by atoms with Crippen LogP contribution < -0.4 is 0 Å². The second-order valence-corrected chi connectivity index (χ2v) is 14.2.